The fourth-order valence-electron chi connectivity index (χ4n) is 2.99. The van der Waals surface area contributed by atoms with Crippen LogP contribution in [0.3, 0.4) is 0 Å². The number of carbonyl (C=O) groups excluding carboxylic acids is 3. The van der Waals surface area contributed by atoms with Crippen LogP contribution in [-0.2, 0) is 9.59 Å². The molecule has 3 amide bonds. The molecule has 0 saturated carbocycles. The highest BCUT2D eigenvalue weighted by Gasteiger charge is 2.15. The second-order valence-corrected chi connectivity index (χ2v) is 8.89. The molecule has 0 fully saturated rings. The Kier molecular flexibility index (Phi) is 10.5. The van der Waals surface area contributed by atoms with Gasteiger partial charge in [0.25, 0.3) is 11.8 Å². The zero-order chi connectivity index (χ0) is 24.4. The predicted molar refractivity (Wildman–Crippen MR) is 133 cm³/mol. The molecule has 2 aromatic carbocycles. The van der Waals surface area contributed by atoms with Crippen LogP contribution in [0.4, 0.5) is 5.69 Å². The Labute approximate surface area is 204 Å². The molecule has 0 aliphatic rings. The highest BCUT2D eigenvalue weighted by molar-refractivity contribution is 8.00. The minimum atomic E-state index is -0.316. The number of halogens is 1. The first-order valence-corrected chi connectivity index (χ1v) is 12.1. The summed E-state index contributed by atoms with van der Waals surface area (Å²) in [4.78, 5) is 39.3. The lowest BCUT2D eigenvalue weighted by Gasteiger charge is -2.19. The molecule has 178 valence electrons. The Balaban J connectivity index is 2.02. The van der Waals surface area contributed by atoms with Crippen LogP contribution in [0, 0.1) is 0 Å². The number of hydrogen-bond acceptors (Lipinski definition) is 5. The number of ether oxygens (including phenoxy) is 1. The van der Waals surface area contributed by atoms with E-state index in [9.17, 15) is 14.4 Å². The van der Waals surface area contributed by atoms with Crippen molar-refractivity contribution in [2.45, 2.75) is 38.6 Å². The van der Waals surface area contributed by atoms with Crippen molar-refractivity contribution in [2.24, 2.45) is 0 Å². The lowest BCUT2D eigenvalue weighted by molar-refractivity contribution is -0.133. The molecule has 2 aromatic rings. The van der Waals surface area contributed by atoms with Gasteiger partial charge in [-0.3, -0.25) is 14.4 Å². The first kappa shape index (κ1) is 26.5. The van der Waals surface area contributed by atoms with Gasteiger partial charge in [0.1, 0.15) is 5.75 Å². The predicted octanol–water partition coefficient (Wildman–Crippen LogP) is 4.46. The van der Waals surface area contributed by atoms with E-state index in [4.69, 9.17) is 16.3 Å². The topological polar surface area (TPSA) is 87.7 Å². The van der Waals surface area contributed by atoms with Crippen LogP contribution in [0.2, 0.25) is 5.02 Å². The van der Waals surface area contributed by atoms with Gasteiger partial charge in [-0.05, 0) is 58.0 Å². The Morgan fingerprint density at radius 1 is 1.09 bits per heavy atom. The first-order valence-electron chi connectivity index (χ1n) is 10.8. The number of nitrogens with zero attached hydrogens (tertiary/aromatic N) is 1. The molecule has 33 heavy (non-hydrogen) atoms. The largest absolute Gasteiger partial charge is 0.482 e. The van der Waals surface area contributed by atoms with Gasteiger partial charge in [0.2, 0.25) is 5.91 Å². The quantitative estimate of drug-likeness (QED) is 0.453. The fourth-order valence-corrected chi connectivity index (χ4v) is 4.08. The summed E-state index contributed by atoms with van der Waals surface area (Å²) in [6.07, 6.45) is 0. The van der Waals surface area contributed by atoms with E-state index in [1.807, 2.05) is 33.8 Å². The fraction of sp³-hybridized carbons (Fsp3) is 0.375. The average molecular weight is 492 g/mol. The van der Waals surface area contributed by atoms with Gasteiger partial charge in [-0.2, -0.15) is 0 Å². The van der Waals surface area contributed by atoms with Gasteiger partial charge < -0.3 is 20.3 Å². The number of thioether (sulfide) groups is 1. The smallest absolute Gasteiger partial charge is 0.260 e. The molecule has 0 aliphatic carbocycles. The maximum atomic E-state index is 12.9. The molecule has 0 radical (unpaired) electrons. The third kappa shape index (κ3) is 8.29. The minimum absolute atomic E-state index is 0.0590. The maximum Gasteiger partial charge on any atom is 0.260 e. The summed E-state index contributed by atoms with van der Waals surface area (Å²) < 4.78 is 5.55. The Morgan fingerprint density at radius 3 is 2.42 bits per heavy atom. The lowest BCUT2D eigenvalue weighted by Crippen LogP contribution is -2.34. The summed E-state index contributed by atoms with van der Waals surface area (Å²) in [6, 6.07) is 12.0. The highest BCUT2D eigenvalue weighted by atomic mass is 35.5. The van der Waals surface area contributed by atoms with E-state index in [-0.39, 0.29) is 41.1 Å². The standard InChI is InChI=1S/C24H30ClN3O4S/c1-5-28(6-2)23(30)14-32-20-12-11-17(13-19(20)25)27-24(31)18-9-7-8-10-21(18)33-15-22(29)26-16(3)4/h7-13,16H,5-6,14-15H2,1-4H3,(H,26,29)(H,27,31). The van der Waals surface area contributed by atoms with Crippen LogP contribution >= 0.6 is 23.4 Å². The van der Waals surface area contributed by atoms with Crippen molar-refractivity contribution in [3.63, 3.8) is 0 Å². The van der Waals surface area contributed by atoms with Crippen LogP contribution in [0.1, 0.15) is 38.1 Å². The Morgan fingerprint density at radius 2 is 1.79 bits per heavy atom. The van der Waals surface area contributed by atoms with Crippen molar-refractivity contribution in [3.05, 3.63) is 53.1 Å². The van der Waals surface area contributed by atoms with E-state index in [1.54, 1.807) is 41.3 Å². The number of carbonyl (C=O) groups is 3. The van der Waals surface area contributed by atoms with Gasteiger partial charge in [-0.1, -0.05) is 23.7 Å². The number of rotatable bonds is 11. The number of likely N-dealkylation sites (N-methyl/N-ethyl adjacent to an activating group) is 1. The van der Waals surface area contributed by atoms with Gasteiger partial charge in [0.15, 0.2) is 6.61 Å². The van der Waals surface area contributed by atoms with Crippen LogP contribution in [0.5, 0.6) is 5.75 Å². The van der Waals surface area contributed by atoms with Crippen molar-refractivity contribution >= 4 is 46.8 Å². The maximum absolute atomic E-state index is 12.9. The van der Waals surface area contributed by atoms with Crippen LogP contribution in [0.25, 0.3) is 0 Å². The lowest BCUT2D eigenvalue weighted by atomic mass is 10.2. The van der Waals surface area contributed by atoms with E-state index < -0.39 is 0 Å². The van der Waals surface area contributed by atoms with Gasteiger partial charge in [-0.25, -0.2) is 0 Å². The monoisotopic (exact) mass is 491 g/mol. The molecule has 7 nitrogen and oxygen atoms in total. The molecule has 0 aliphatic heterocycles. The SMILES string of the molecule is CCN(CC)C(=O)COc1ccc(NC(=O)c2ccccc2SCC(=O)NC(C)C)cc1Cl. The van der Waals surface area contributed by atoms with E-state index in [0.717, 1.165) is 0 Å². The summed E-state index contributed by atoms with van der Waals surface area (Å²) in [5, 5.41) is 5.94. The zero-order valence-corrected chi connectivity index (χ0v) is 20.9. The molecule has 0 aromatic heterocycles. The third-order valence-corrected chi connectivity index (χ3v) is 5.97. The molecule has 0 saturated heterocycles. The summed E-state index contributed by atoms with van der Waals surface area (Å²) in [6.45, 7) is 8.72. The first-order chi connectivity index (χ1) is 15.7. The number of nitrogens with one attached hydrogen (secondary N) is 2. The van der Waals surface area contributed by atoms with E-state index in [2.05, 4.69) is 10.6 Å². The summed E-state index contributed by atoms with van der Waals surface area (Å²) in [5.74, 6) is 0.0507. The highest BCUT2D eigenvalue weighted by Crippen LogP contribution is 2.29. The van der Waals surface area contributed by atoms with Gasteiger partial charge in [0.05, 0.1) is 16.3 Å². The van der Waals surface area contributed by atoms with Crippen molar-refractivity contribution in [3.8, 4) is 5.75 Å². The Bertz CT molecular complexity index is 980. The summed E-state index contributed by atoms with van der Waals surface area (Å²) in [5.41, 5.74) is 0.950. The summed E-state index contributed by atoms with van der Waals surface area (Å²) >= 11 is 7.60. The van der Waals surface area contributed by atoms with Gasteiger partial charge in [0, 0.05) is 29.7 Å². The van der Waals surface area contributed by atoms with Crippen molar-refractivity contribution < 1.29 is 19.1 Å². The number of anilines is 1. The van der Waals surface area contributed by atoms with Crippen LogP contribution in [0.15, 0.2) is 47.4 Å². The van der Waals surface area contributed by atoms with Gasteiger partial charge in [-0.15, -0.1) is 11.8 Å². The molecular formula is C24H30ClN3O4S. The third-order valence-electron chi connectivity index (χ3n) is 4.60. The molecule has 9 heteroatoms. The van der Waals surface area contributed by atoms with Crippen LogP contribution in [-0.4, -0.2) is 54.1 Å². The molecule has 0 bridgehead atoms. The minimum Gasteiger partial charge on any atom is -0.482 e. The normalized spacial score (nSPS) is 10.6. The van der Waals surface area contributed by atoms with Crippen molar-refractivity contribution in [1.29, 1.82) is 0 Å². The molecule has 0 atom stereocenters. The molecule has 2 N–H and O–H groups in total. The van der Waals surface area contributed by atoms with Crippen molar-refractivity contribution in [2.75, 3.05) is 30.8 Å². The number of benzene rings is 2. The zero-order valence-electron chi connectivity index (χ0n) is 19.3. The van der Waals surface area contributed by atoms with Crippen LogP contribution < -0.4 is 15.4 Å². The second-order valence-electron chi connectivity index (χ2n) is 7.46. The van der Waals surface area contributed by atoms with E-state index in [0.29, 0.717) is 35.0 Å². The molecule has 0 heterocycles. The number of amides is 3. The number of hydrogen-bond donors (Lipinski definition) is 2. The summed E-state index contributed by atoms with van der Waals surface area (Å²) in [7, 11) is 0. The van der Waals surface area contributed by atoms with E-state index >= 15 is 0 Å². The van der Waals surface area contributed by atoms with Crippen molar-refractivity contribution in [1.82, 2.24) is 10.2 Å². The molecule has 0 spiro atoms. The van der Waals surface area contributed by atoms with E-state index in [1.165, 1.54) is 11.8 Å². The second kappa shape index (κ2) is 13.1. The molecule has 2 rings (SSSR count). The average Bonchev–Trinajstić information content (AvgIpc) is 2.77. The Hall–Kier alpha value is -2.71. The molecular weight excluding hydrogens is 462 g/mol. The molecule has 0 unspecified atom stereocenters. The van der Waals surface area contributed by atoms with Gasteiger partial charge >= 0.3 is 0 Å².